The predicted molar refractivity (Wildman–Crippen MR) is 125 cm³/mol. The first-order valence-electron chi connectivity index (χ1n) is 11.0. The number of carbonyl (C=O) groups is 1. The first-order valence-corrected chi connectivity index (χ1v) is 13.7. The standard InChI is InChI=1S/C21H28ClN5O3S2/c22-17-4-6-18(7-5-17)32(29,30)27-14-8-16(9-15-27)20(28)23-21-25-24-19(31-21)10-13-26-11-2-1-3-12-26/h4-7,16H,1-3,8-15H2,(H,23,25,28). The average Bonchev–Trinajstić information content (AvgIpc) is 3.26. The molecular formula is C21H28ClN5O3S2. The summed E-state index contributed by atoms with van der Waals surface area (Å²) in [4.78, 5) is 15.4. The minimum atomic E-state index is -3.58. The molecule has 0 saturated carbocycles. The molecule has 0 bridgehead atoms. The summed E-state index contributed by atoms with van der Waals surface area (Å²) >= 11 is 7.28. The maximum Gasteiger partial charge on any atom is 0.243 e. The Hall–Kier alpha value is -1.59. The SMILES string of the molecule is O=C(Nc1nnc(CCN2CCCCC2)s1)C1CCN(S(=O)(=O)c2ccc(Cl)cc2)CC1. The lowest BCUT2D eigenvalue weighted by molar-refractivity contribution is -0.120. The molecule has 11 heteroatoms. The highest BCUT2D eigenvalue weighted by atomic mass is 35.5. The number of anilines is 1. The topological polar surface area (TPSA) is 95.5 Å². The maximum absolute atomic E-state index is 12.8. The van der Waals surface area contributed by atoms with E-state index in [0.29, 0.717) is 36.1 Å². The quantitative estimate of drug-likeness (QED) is 0.630. The molecule has 2 aliphatic rings. The number of hydrogen-bond donors (Lipinski definition) is 1. The number of amides is 1. The predicted octanol–water partition coefficient (Wildman–Crippen LogP) is 3.26. The summed E-state index contributed by atoms with van der Waals surface area (Å²) in [6.45, 7) is 3.88. The number of halogens is 1. The van der Waals surface area contributed by atoms with Gasteiger partial charge in [-0.05, 0) is 63.0 Å². The normalized spacial score (nSPS) is 19.2. The molecule has 1 N–H and O–H groups in total. The van der Waals surface area contributed by atoms with Gasteiger partial charge in [0.05, 0.1) is 4.90 Å². The molecule has 32 heavy (non-hydrogen) atoms. The number of piperidine rings is 2. The fourth-order valence-electron chi connectivity index (χ4n) is 4.16. The van der Waals surface area contributed by atoms with Crippen molar-refractivity contribution in [2.24, 2.45) is 5.92 Å². The van der Waals surface area contributed by atoms with Crippen molar-refractivity contribution < 1.29 is 13.2 Å². The Kier molecular flexibility index (Phi) is 7.78. The van der Waals surface area contributed by atoms with Crippen molar-refractivity contribution in [2.45, 2.75) is 43.4 Å². The average molecular weight is 498 g/mol. The van der Waals surface area contributed by atoms with E-state index in [9.17, 15) is 13.2 Å². The van der Waals surface area contributed by atoms with E-state index in [4.69, 9.17) is 11.6 Å². The first-order chi connectivity index (χ1) is 15.4. The van der Waals surface area contributed by atoms with Gasteiger partial charge in [0.15, 0.2) is 0 Å². The Morgan fingerprint density at radius 1 is 1.06 bits per heavy atom. The Balaban J connectivity index is 1.26. The van der Waals surface area contributed by atoms with Crippen molar-refractivity contribution in [1.82, 2.24) is 19.4 Å². The second kappa shape index (κ2) is 10.6. The molecular weight excluding hydrogens is 470 g/mol. The van der Waals surface area contributed by atoms with E-state index in [1.807, 2.05) is 0 Å². The van der Waals surface area contributed by atoms with Gasteiger partial charge in [-0.3, -0.25) is 4.79 Å². The lowest BCUT2D eigenvalue weighted by atomic mass is 9.97. The molecule has 8 nitrogen and oxygen atoms in total. The maximum atomic E-state index is 12.8. The zero-order chi connectivity index (χ0) is 22.6. The van der Waals surface area contributed by atoms with Crippen LogP contribution in [-0.4, -0.2) is 66.5 Å². The van der Waals surface area contributed by atoms with Gasteiger partial charge < -0.3 is 10.2 Å². The highest BCUT2D eigenvalue weighted by molar-refractivity contribution is 7.89. The molecule has 4 rings (SSSR count). The lowest BCUT2D eigenvalue weighted by Crippen LogP contribution is -2.41. The fourth-order valence-corrected chi connectivity index (χ4v) is 6.49. The molecule has 2 saturated heterocycles. The minimum Gasteiger partial charge on any atom is -0.303 e. The van der Waals surface area contributed by atoms with E-state index in [0.717, 1.165) is 31.1 Å². The van der Waals surface area contributed by atoms with Gasteiger partial charge in [0.25, 0.3) is 0 Å². The number of nitrogens with one attached hydrogen (secondary N) is 1. The van der Waals surface area contributed by atoms with E-state index in [2.05, 4.69) is 20.4 Å². The molecule has 2 aliphatic heterocycles. The van der Waals surface area contributed by atoms with Crippen molar-refractivity contribution in [2.75, 3.05) is 38.0 Å². The molecule has 1 aromatic carbocycles. The molecule has 1 amide bonds. The fraction of sp³-hybridized carbons (Fsp3) is 0.571. The number of rotatable bonds is 7. The van der Waals surface area contributed by atoms with E-state index < -0.39 is 10.0 Å². The van der Waals surface area contributed by atoms with Gasteiger partial charge in [0, 0.05) is 37.0 Å². The molecule has 3 heterocycles. The van der Waals surface area contributed by atoms with Crippen molar-refractivity contribution in [1.29, 1.82) is 0 Å². The van der Waals surface area contributed by atoms with Crippen LogP contribution < -0.4 is 5.32 Å². The highest BCUT2D eigenvalue weighted by Gasteiger charge is 2.32. The number of sulfonamides is 1. The van der Waals surface area contributed by atoms with Crippen LogP contribution in [0.5, 0.6) is 0 Å². The van der Waals surface area contributed by atoms with Crippen LogP contribution in [0, 0.1) is 5.92 Å². The van der Waals surface area contributed by atoms with Crippen LogP contribution in [0.2, 0.25) is 5.02 Å². The molecule has 0 radical (unpaired) electrons. The van der Waals surface area contributed by atoms with Gasteiger partial charge >= 0.3 is 0 Å². The van der Waals surface area contributed by atoms with Crippen LogP contribution in [0.1, 0.15) is 37.1 Å². The third-order valence-electron chi connectivity index (χ3n) is 6.06. The summed E-state index contributed by atoms with van der Waals surface area (Å²) in [7, 11) is -3.58. The zero-order valence-electron chi connectivity index (χ0n) is 17.9. The number of nitrogens with zero attached hydrogens (tertiary/aromatic N) is 4. The van der Waals surface area contributed by atoms with Gasteiger partial charge in [0.1, 0.15) is 5.01 Å². The van der Waals surface area contributed by atoms with Gasteiger partial charge in [-0.25, -0.2) is 8.42 Å². The van der Waals surface area contributed by atoms with Crippen molar-refractivity contribution in [3.63, 3.8) is 0 Å². The second-order valence-electron chi connectivity index (χ2n) is 8.27. The van der Waals surface area contributed by atoms with E-state index in [1.165, 1.54) is 47.0 Å². The Labute approximate surface area is 198 Å². The summed E-state index contributed by atoms with van der Waals surface area (Å²) in [5.41, 5.74) is 0. The summed E-state index contributed by atoms with van der Waals surface area (Å²) in [6.07, 6.45) is 5.62. The zero-order valence-corrected chi connectivity index (χ0v) is 20.3. The Morgan fingerprint density at radius 2 is 1.75 bits per heavy atom. The third-order valence-corrected chi connectivity index (χ3v) is 9.13. The van der Waals surface area contributed by atoms with Gasteiger partial charge in [-0.2, -0.15) is 4.31 Å². The molecule has 174 valence electrons. The molecule has 2 aromatic rings. The molecule has 2 fully saturated rings. The largest absolute Gasteiger partial charge is 0.303 e. The first kappa shape index (κ1) is 23.6. The number of aromatic nitrogens is 2. The van der Waals surface area contributed by atoms with Gasteiger partial charge in [-0.1, -0.05) is 29.4 Å². The summed E-state index contributed by atoms with van der Waals surface area (Å²) in [5.74, 6) is -0.361. The molecule has 0 unspecified atom stereocenters. The Bertz CT molecular complexity index is 1010. The monoisotopic (exact) mass is 497 g/mol. The lowest BCUT2D eigenvalue weighted by Gasteiger charge is -2.30. The third kappa shape index (κ3) is 5.85. The molecule has 0 spiro atoms. The molecule has 0 atom stereocenters. The van der Waals surface area contributed by atoms with Crippen LogP contribution in [0.25, 0.3) is 0 Å². The van der Waals surface area contributed by atoms with E-state index in [1.54, 1.807) is 12.1 Å². The van der Waals surface area contributed by atoms with Crippen molar-refractivity contribution in [3.8, 4) is 0 Å². The Morgan fingerprint density at radius 3 is 2.44 bits per heavy atom. The van der Waals surface area contributed by atoms with Crippen LogP contribution in [0.4, 0.5) is 5.13 Å². The van der Waals surface area contributed by atoms with Gasteiger partial charge in [-0.15, -0.1) is 10.2 Å². The molecule has 1 aromatic heterocycles. The summed E-state index contributed by atoms with van der Waals surface area (Å²) < 4.78 is 27.0. The number of benzene rings is 1. The van der Waals surface area contributed by atoms with E-state index in [-0.39, 0.29) is 16.7 Å². The number of likely N-dealkylation sites (tertiary alicyclic amines) is 1. The highest BCUT2D eigenvalue weighted by Crippen LogP contribution is 2.26. The summed E-state index contributed by atoms with van der Waals surface area (Å²) in [5, 5.41) is 13.1. The van der Waals surface area contributed by atoms with E-state index >= 15 is 0 Å². The van der Waals surface area contributed by atoms with Crippen LogP contribution in [0.15, 0.2) is 29.2 Å². The smallest absolute Gasteiger partial charge is 0.243 e. The van der Waals surface area contributed by atoms with Crippen molar-refractivity contribution in [3.05, 3.63) is 34.3 Å². The van der Waals surface area contributed by atoms with Crippen LogP contribution in [0.3, 0.4) is 0 Å². The van der Waals surface area contributed by atoms with Crippen LogP contribution in [-0.2, 0) is 21.2 Å². The van der Waals surface area contributed by atoms with Crippen LogP contribution >= 0.6 is 22.9 Å². The van der Waals surface area contributed by atoms with Gasteiger partial charge in [0.2, 0.25) is 21.1 Å². The minimum absolute atomic E-state index is 0.118. The molecule has 0 aliphatic carbocycles. The summed E-state index contributed by atoms with van der Waals surface area (Å²) in [6, 6.07) is 6.15. The second-order valence-corrected chi connectivity index (χ2v) is 11.7. The van der Waals surface area contributed by atoms with Crippen molar-refractivity contribution >= 4 is 44.0 Å². The number of carbonyl (C=O) groups excluding carboxylic acids is 1. The number of hydrogen-bond acceptors (Lipinski definition) is 7.